The second-order valence-electron chi connectivity index (χ2n) is 8.97. The van der Waals surface area contributed by atoms with Gasteiger partial charge in [0.1, 0.15) is 6.17 Å². The maximum Gasteiger partial charge on any atom is 0.305 e. The molecule has 1 saturated carbocycles. The van der Waals surface area contributed by atoms with Crippen molar-refractivity contribution in [2.75, 3.05) is 45.8 Å². The van der Waals surface area contributed by atoms with Gasteiger partial charge >= 0.3 is 5.97 Å². The molecule has 0 bridgehead atoms. The number of carboxylic acid groups (broad SMARTS) is 1. The van der Waals surface area contributed by atoms with Crippen LogP contribution in [-0.4, -0.2) is 91.9 Å². The first kappa shape index (κ1) is 23.9. The van der Waals surface area contributed by atoms with E-state index in [9.17, 15) is 23.9 Å². The van der Waals surface area contributed by atoms with Crippen molar-refractivity contribution in [3.05, 3.63) is 0 Å². The van der Waals surface area contributed by atoms with Gasteiger partial charge in [-0.15, -0.1) is 0 Å². The van der Waals surface area contributed by atoms with Crippen molar-refractivity contribution >= 4 is 17.8 Å². The summed E-state index contributed by atoms with van der Waals surface area (Å²) in [5.41, 5.74) is 0. The topological polar surface area (TPSA) is 123 Å². The van der Waals surface area contributed by atoms with E-state index in [1.165, 1.54) is 0 Å². The van der Waals surface area contributed by atoms with Crippen LogP contribution in [0.1, 0.15) is 38.5 Å². The van der Waals surface area contributed by atoms with Crippen LogP contribution in [0.3, 0.4) is 0 Å². The minimum absolute atomic E-state index is 0.0397. The van der Waals surface area contributed by atoms with Crippen LogP contribution >= 0.6 is 0 Å². The Kier molecular flexibility index (Phi) is 9.03. The van der Waals surface area contributed by atoms with Crippen LogP contribution in [0.25, 0.3) is 0 Å². The van der Waals surface area contributed by atoms with E-state index < -0.39 is 35.9 Å². The summed E-state index contributed by atoms with van der Waals surface area (Å²) in [7, 11) is 0. The van der Waals surface area contributed by atoms with E-state index in [2.05, 4.69) is 26.2 Å². The summed E-state index contributed by atoms with van der Waals surface area (Å²) in [6.07, 6.45) is 1.98. The minimum Gasteiger partial charge on any atom is -0.481 e. The highest BCUT2D eigenvalue weighted by molar-refractivity contribution is 5.86. The van der Waals surface area contributed by atoms with E-state index in [0.717, 1.165) is 52.0 Å². The van der Waals surface area contributed by atoms with Crippen molar-refractivity contribution in [1.29, 1.82) is 0 Å². The molecule has 4 unspecified atom stereocenters. The molecule has 2 heterocycles. The lowest BCUT2D eigenvalue weighted by molar-refractivity contribution is -0.138. The maximum absolute atomic E-state index is 14.5. The summed E-state index contributed by atoms with van der Waals surface area (Å²) < 4.78 is 14.5. The number of piperidine rings is 1. The molecule has 10 heteroatoms. The second kappa shape index (κ2) is 11.7. The van der Waals surface area contributed by atoms with E-state index in [1.54, 1.807) is 0 Å². The SMILES string of the molecule is O=C(O)C[C@H](NC(=O)CNC(=O)C1CC(N2CCNCC2)CCC1F)C1CCCNC1. The summed E-state index contributed by atoms with van der Waals surface area (Å²) in [4.78, 5) is 38.6. The molecule has 3 fully saturated rings. The molecule has 176 valence electrons. The fraction of sp³-hybridized carbons (Fsp3) is 0.857. The quantitative estimate of drug-likeness (QED) is 0.343. The first-order chi connectivity index (χ1) is 14.9. The first-order valence-corrected chi connectivity index (χ1v) is 11.5. The summed E-state index contributed by atoms with van der Waals surface area (Å²) >= 11 is 0. The molecule has 5 atom stereocenters. The molecule has 5 N–H and O–H groups in total. The molecule has 0 radical (unpaired) electrons. The van der Waals surface area contributed by atoms with Gasteiger partial charge in [-0.05, 0) is 51.1 Å². The van der Waals surface area contributed by atoms with Gasteiger partial charge in [-0.25, -0.2) is 4.39 Å². The number of carboxylic acids is 1. The smallest absolute Gasteiger partial charge is 0.305 e. The molecule has 31 heavy (non-hydrogen) atoms. The third kappa shape index (κ3) is 7.11. The Hall–Kier alpha value is -1.78. The van der Waals surface area contributed by atoms with E-state index in [4.69, 9.17) is 0 Å². The molecule has 3 aliphatic rings. The van der Waals surface area contributed by atoms with Gasteiger partial charge in [-0.2, -0.15) is 0 Å². The Morgan fingerprint density at radius 2 is 1.87 bits per heavy atom. The number of nitrogens with zero attached hydrogens (tertiary/aromatic N) is 1. The number of amides is 2. The summed E-state index contributed by atoms with van der Waals surface area (Å²) in [6, 6.07) is -0.298. The zero-order valence-corrected chi connectivity index (χ0v) is 18.1. The van der Waals surface area contributed by atoms with Crippen LogP contribution < -0.4 is 21.3 Å². The third-order valence-electron chi connectivity index (χ3n) is 6.81. The molecular formula is C21H36FN5O4. The highest BCUT2D eigenvalue weighted by Crippen LogP contribution is 2.30. The summed E-state index contributed by atoms with van der Waals surface area (Å²) in [6.45, 7) is 4.89. The molecule has 0 aromatic rings. The number of carbonyl (C=O) groups excluding carboxylic acids is 2. The van der Waals surface area contributed by atoms with E-state index in [0.29, 0.717) is 19.4 Å². The predicted molar refractivity (Wildman–Crippen MR) is 113 cm³/mol. The van der Waals surface area contributed by atoms with E-state index >= 15 is 0 Å². The van der Waals surface area contributed by atoms with E-state index in [-0.39, 0.29) is 24.9 Å². The van der Waals surface area contributed by atoms with Crippen LogP contribution in [0, 0.1) is 11.8 Å². The molecule has 9 nitrogen and oxygen atoms in total. The Bertz CT molecular complexity index is 625. The number of piperazine rings is 1. The molecule has 0 aromatic heterocycles. The average Bonchev–Trinajstić information content (AvgIpc) is 2.78. The van der Waals surface area contributed by atoms with Crippen molar-refractivity contribution in [3.8, 4) is 0 Å². The van der Waals surface area contributed by atoms with Crippen LogP contribution in [0.5, 0.6) is 0 Å². The highest BCUT2D eigenvalue weighted by Gasteiger charge is 2.38. The first-order valence-electron chi connectivity index (χ1n) is 11.5. The van der Waals surface area contributed by atoms with Gasteiger partial charge in [0, 0.05) is 38.3 Å². The predicted octanol–water partition coefficient (Wildman–Crippen LogP) is -0.526. The lowest BCUT2D eigenvalue weighted by Crippen LogP contribution is -2.53. The number of nitrogens with one attached hydrogen (secondary N) is 4. The van der Waals surface area contributed by atoms with Gasteiger partial charge in [-0.3, -0.25) is 19.3 Å². The number of hydrogen-bond donors (Lipinski definition) is 5. The van der Waals surface area contributed by atoms with Crippen LogP contribution in [0.4, 0.5) is 4.39 Å². The second-order valence-corrected chi connectivity index (χ2v) is 8.97. The number of carbonyl (C=O) groups is 3. The number of rotatable bonds is 8. The molecule has 2 amide bonds. The molecule has 1 aliphatic carbocycles. The Morgan fingerprint density at radius 3 is 2.55 bits per heavy atom. The van der Waals surface area contributed by atoms with Gasteiger partial charge in [0.05, 0.1) is 18.9 Å². The number of halogens is 1. The van der Waals surface area contributed by atoms with Crippen molar-refractivity contribution in [2.24, 2.45) is 11.8 Å². The summed E-state index contributed by atoms with van der Waals surface area (Å²) in [5, 5.41) is 21.1. The molecule has 2 saturated heterocycles. The fourth-order valence-corrected chi connectivity index (χ4v) is 5.06. The van der Waals surface area contributed by atoms with Gasteiger partial charge < -0.3 is 26.4 Å². The number of aliphatic carboxylic acids is 1. The normalized spacial score (nSPS) is 30.9. The summed E-state index contributed by atoms with van der Waals surface area (Å²) in [5.74, 6) is -2.55. The largest absolute Gasteiger partial charge is 0.481 e. The van der Waals surface area contributed by atoms with Crippen molar-refractivity contribution in [1.82, 2.24) is 26.2 Å². The van der Waals surface area contributed by atoms with Crippen LogP contribution in [-0.2, 0) is 14.4 Å². The van der Waals surface area contributed by atoms with Crippen molar-refractivity contribution in [2.45, 2.75) is 56.8 Å². The monoisotopic (exact) mass is 441 g/mol. The Morgan fingerprint density at radius 1 is 1.10 bits per heavy atom. The molecule has 0 spiro atoms. The number of hydrogen-bond acceptors (Lipinski definition) is 6. The average molecular weight is 442 g/mol. The maximum atomic E-state index is 14.5. The Balaban J connectivity index is 1.48. The number of alkyl halides is 1. The van der Waals surface area contributed by atoms with Gasteiger partial charge in [-0.1, -0.05) is 0 Å². The highest BCUT2D eigenvalue weighted by atomic mass is 19.1. The van der Waals surface area contributed by atoms with Crippen LogP contribution in [0.15, 0.2) is 0 Å². The molecule has 3 rings (SSSR count). The van der Waals surface area contributed by atoms with Crippen LogP contribution in [0.2, 0.25) is 0 Å². The molecular weight excluding hydrogens is 405 g/mol. The van der Waals surface area contributed by atoms with E-state index in [1.807, 2.05) is 0 Å². The van der Waals surface area contributed by atoms with Gasteiger partial charge in [0.15, 0.2) is 0 Å². The molecule has 2 aliphatic heterocycles. The fourth-order valence-electron chi connectivity index (χ4n) is 5.06. The molecule has 0 aromatic carbocycles. The lowest BCUT2D eigenvalue weighted by Gasteiger charge is -2.40. The van der Waals surface area contributed by atoms with Gasteiger partial charge in [0.25, 0.3) is 0 Å². The Labute approximate surface area is 182 Å². The zero-order chi connectivity index (χ0) is 22.2. The van der Waals surface area contributed by atoms with Crippen molar-refractivity contribution < 1.29 is 23.9 Å². The zero-order valence-electron chi connectivity index (χ0n) is 18.1. The third-order valence-corrected chi connectivity index (χ3v) is 6.81. The van der Waals surface area contributed by atoms with Crippen molar-refractivity contribution in [3.63, 3.8) is 0 Å². The lowest BCUT2D eigenvalue weighted by atomic mass is 9.82. The standard InChI is InChI=1S/C21H36FN5O4/c22-17-4-3-15(27-8-6-23-7-9-27)10-16(17)21(31)25-13-19(28)26-18(11-20(29)30)14-2-1-5-24-12-14/h14-18,23-24H,1-13H2,(H,25,31)(H,26,28)(H,29,30)/t14?,15?,16?,17?,18-/m0/s1. The van der Waals surface area contributed by atoms with Gasteiger partial charge in [0.2, 0.25) is 11.8 Å². The minimum atomic E-state index is -1.20.